The molecule has 24 heavy (non-hydrogen) atoms. The molecule has 1 aliphatic heterocycles. The van der Waals surface area contributed by atoms with E-state index in [4.69, 9.17) is 11.6 Å². The van der Waals surface area contributed by atoms with Crippen LogP contribution in [0.2, 0.25) is 5.02 Å². The van der Waals surface area contributed by atoms with E-state index in [2.05, 4.69) is 29.9 Å². The zero-order valence-corrected chi connectivity index (χ0v) is 14.1. The van der Waals surface area contributed by atoms with Gasteiger partial charge in [-0.15, -0.1) is 0 Å². The van der Waals surface area contributed by atoms with Gasteiger partial charge < -0.3 is 9.80 Å². The topological polar surface area (TPSA) is 62.5 Å². The Bertz CT molecular complexity index is 824. The lowest BCUT2D eigenvalue weighted by Gasteiger charge is -2.37. The Morgan fingerprint density at radius 1 is 1.17 bits per heavy atom. The molecular weight excluding hydrogens is 326 g/mol. The van der Waals surface area contributed by atoms with Crippen molar-refractivity contribution < 1.29 is 0 Å². The number of piperidine rings is 1. The summed E-state index contributed by atoms with van der Waals surface area (Å²) >= 11 is 5.86. The highest BCUT2D eigenvalue weighted by Crippen LogP contribution is 2.23. The summed E-state index contributed by atoms with van der Waals surface area (Å²) in [5.41, 5.74) is 0.876. The molecule has 0 saturated carbocycles. The molecule has 0 aliphatic carbocycles. The Morgan fingerprint density at radius 2 is 1.92 bits per heavy atom. The van der Waals surface area contributed by atoms with Gasteiger partial charge in [-0.3, -0.25) is 0 Å². The first-order chi connectivity index (χ1) is 11.7. The van der Waals surface area contributed by atoms with Gasteiger partial charge in [0.2, 0.25) is 5.95 Å². The van der Waals surface area contributed by atoms with Crippen molar-refractivity contribution in [3.05, 3.63) is 41.9 Å². The van der Waals surface area contributed by atoms with E-state index >= 15 is 0 Å². The minimum Gasteiger partial charge on any atom is -0.356 e. The molecule has 7 nitrogen and oxygen atoms in total. The maximum Gasteiger partial charge on any atom is 0.225 e. The Kier molecular flexibility index (Phi) is 3.93. The van der Waals surface area contributed by atoms with Crippen LogP contribution in [0.25, 0.3) is 5.65 Å². The van der Waals surface area contributed by atoms with Crippen LogP contribution in [0.1, 0.15) is 12.8 Å². The van der Waals surface area contributed by atoms with E-state index in [1.54, 1.807) is 23.1 Å². The third kappa shape index (κ3) is 2.87. The van der Waals surface area contributed by atoms with Crippen LogP contribution in [0.4, 0.5) is 11.8 Å². The van der Waals surface area contributed by atoms with E-state index < -0.39 is 0 Å². The highest BCUT2D eigenvalue weighted by molar-refractivity contribution is 6.30. The second-order valence-electron chi connectivity index (χ2n) is 5.95. The number of aromatic nitrogens is 5. The maximum atomic E-state index is 5.86. The Morgan fingerprint density at radius 3 is 2.67 bits per heavy atom. The van der Waals surface area contributed by atoms with Crippen molar-refractivity contribution >= 4 is 29.0 Å². The summed E-state index contributed by atoms with van der Waals surface area (Å²) in [5.74, 6) is 1.73. The smallest absolute Gasteiger partial charge is 0.225 e. The second-order valence-corrected chi connectivity index (χ2v) is 6.39. The third-order valence-corrected chi connectivity index (χ3v) is 4.70. The summed E-state index contributed by atoms with van der Waals surface area (Å²) in [7, 11) is 2.04. The highest BCUT2D eigenvalue weighted by atomic mass is 35.5. The number of halogens is 1. The van der Waals surface area contributed by atoms with Crippen molar-refractivity contribution in [3.8, 4) is 0 Å². The first-order valence-corrected chi connectivity index (χ1v) is 8.34. The van der Waals surface area contributed by atoms with Crippen molar-refractivity contribution in [2.75, 3.05) is 29.9 Å². The number of anilines is 2. The van der Waals surface area contributed by atoms with Crippen molar-refractivity contribution in [1.29, 1.82) is 0 Å². The SMILES string of the molecule is CN(c1ncc(Cl)cn1)C1CCN(c2ccn3nccc3n2)CC1. The first-order valence-electron chi connectivity index (χ1n) is 7.96. The molecule has 1 fully saturated rings. The molecule has 4 rings (SSSR count). The molecule has 0 unspecified atom stereocenters. The van der Waals surface area contributed by atoms with Crippen molar-refractivity contribution in [2.24, 2.45) is 0 Å². The van der Waals surface area contributed by atoms with E-state index in [-0.39, 0.29) is 0 Å². The van der Waals surface area contributed by atoms with Gasteiger partial charge in [0.15, 0.2) is 5.65 Å². The number of hydrogen-bond acceptors (Lipinski definition) is 6. The Hall–Kier alpha value is -2.41. The summed E-state index contributed by atoms with van der Waals surface area (Å²) in [6, 6.07) is 4.36. The fraction of sp³-hybridized carbons (Fsp3) is 0.375. The molecule has 3 aromatic heterocycles. The first kappa shape index (κ1) is 15.1. The fourth-order valence-electron chi connectivity index (χ4n) is 3.11. The van der Waals surface area contributed by atoms with Gasteiger partial charge in [0, 0.05) is 38.4 Å². The Labute approximate surface area is 144 Å². The molecule has 1 saturated heterocycles. The molecule has 3 aromatic rings. The lowest BCUT2D eigenvalue weighted by atomic mass is 10.0. The number of hydrogen-bond donors (Lipinski definition) is 0. The molecule has 0 N–H and O–H groups in total. The molecule has 124 valence electrons. The molecule has 0 amide bonds. The quantitative estimate of drug-likeness (QED) is 0.727. The average Bonchev–Trinajstić information content (AvgIpc) is 3.09. The zero-order valence-electron chi connectivity index (χ0n) is 13.4. The maximum absolute atomic E-state index is 5.86. The van der Waals surface area contributed by atoms with Crippen LogP contribution in [-0.2, 0) is 0 Å². The molecule has 4 heterocycles. The fourth-order valence-corrected chi connectivity index (χ4v) is 3.21. The van der Waals surface area contributed by atoms with Gasteiger partial charge in [0.1, 0.15) is 5.82 Å². The van der Waals surface area contributed by atoms with E-state index in [9.17, 15) is 0 Å². The van der Waals surface area contributed by atoms with Crippen LogP contribution in [0.15, 0.2) is 36.9 Å². The van der Waals surface area contributed by atoms with Crippen molar-refractivity contribution in [2.45, 2.75) is 18.9 Å². The van der Waals surface area contributed by atoms with Gasteiger partial charge in [0.25, 0.3) is 0 Å². The molecule has 0 aromatic carbocycles. The predicted molar refractivity (Wildman–Crippen MR) is 93.7 cm³/mol. The number of fused-ring (bicyclic) bond motifs is 1. The third-order valence-electron chi connectivity index (χ3n) is 4.50. The predicted octanol–water partition coefficient (Wildman–Crippen LogP) is 2.28. The Balaban J connectivity index is 1.43. The number of rotatable bonds is 3. The summed E-state index contributed by atoms with van der Waals surface area (Å²) in [4.78, 5) is 17.7. The van der Waals surface area contributed by atoms with Crippen LogP contribution < -0.4 is 9.80 Å². The molecule has 8 heteroatoms. The van der Waals surface area contributed by atoms with Gasteiger partial charge in [-0.25, -0.2) is 19.5 Å². The average molecular weight is 344 g/mol. The summed E-state index contributed by atoms with van der Waals surface area (Å²) in [6.45, 7) is 1.92. The van der Waals surface area contributed by atoms with Crippen LogP contribution >= 0.6 is 11.6 Å². The molecule has 0 atom stereocenters. The molecule has 0 spiro atoms. The van der Waals surface area contributed by atoms with Crippen molar-refractivity contribution in [1.82, 2.24) is 24.6 Å². The monoisotopic (exact) mass is 343 g/mol. The van der Waals surface area contributed by atoms with Crippen LogP contribution in [0.5, 0.6) is 0 Å². The van der Waals surface area contributed by atoms with E-state index in [0.717, 1.165) is 43.3 Å². The minimum atomic E-state index is 0.418. The minimum absolute atomic E-state index is 0.418. The molecule has 0 radical (unpaired) electrons. The van der Waals surface area contributed by atoms with Gasteiger partial charge in [0.05, 0.1) is 23.6 Å². The lowest BCUT2D eigenvalue weighted by molar-refractivity contribution is 0.475. The van der Waals surface area contributed by atoms with E-state index in [1.165, 1.54) is 0 Å². The van der Waals surface area contributed by atoms with Crippen LogP contribution in [0, 0.1) is 0 Å². The van der Waals surface area contributed by atoms with Crippen LogP contribution in [0.3, 0.4) is 0 Å². The lowest BCUT2D eigenvalue weighted by Crippen LogP contribution is -2.44. The van der Waals surface area contributed by atoms with E-state index in [0.29, 0.717) is 11.1 Å². The standard InChI is InChI=1S/C16H18ClN7/c1-22(16-18-10-12(17)11-19-16)13-3-7-23(8-4-13)14-5-9-24-15(21-14)2-6-20-24/h2,5-6,9-11,13H,3-4,7-8H2,1H3. The number of nitrogens with zero attached hydrogens (tertiary/aromatic N) is 7. The van der Waals surface area contributed by atoms with Gasteiger partial charge in [-0.2, -0.15) is 5.10 Å². The summed E-state index contributed by atoms with van der Waals surface area (Å²) in [6.07, 6.45) is 9.07. The second kappa shape index (κ2) is 6.24. The molecule has 0 bridgehead atoms. The van der Waals surface area contributed by atoms with Gasteiger partial charge in [-0.05, 0) is 18.9 Å². The van der Waals surface area contributed by atoms with Gasteiger partial charge >= 0.3 is 0 Å². The summed E-state index contributed by atoms with van der Waals surface area (Å²) < 4.78 is 1.78. The largest absolute Gasteiger partial charge is 0.356 e. The molecule has 1 aliphatic rings. The van der Waals surface area contributed by atoms with Crippen LogP contribution in [-0.4, -0.2) is 50.7 Å². The van der Waals surface area contributed by atoms with E-state index in [1.807, 2.05) is 25.4 Å². The van der Waals surface area contributed by atoms with Crippen molar-refractivity contribution in [3.63, 3.8) is 0 Å². The zero-order chi connectivity index (χ0) is 16.5. The highest BCUT2D eigenvalue weighted by Gasteiger charge is 2.24. The normalized spacial score (nSPS) is 15.8. The molecular formula is C16H18ClN7. The summed E-state index contributed by atoms with van der Waals surface area (Å²) in [5, 5.41) is 4.74. The van der Waals surface area contributed by atoms with Gasteiger partial charge in [-0.1, -0.05) is 11.6 Å².